The normalized spacial score (nSPS) is 12.2. The minimum absolute atomic E-state index is 0.0460. The number of furan rings is 1. The van der Waals surface area contributed by atoms with E-state index in [0.717, 1.165) is 5.76 Å². The van der Waals surface area contributed by atoms with E-state index in [-0.39, 0.29) is 29.2 Å². The maximum Gasteiger partial charge on any atom is 0.271 e. The molecule has 0 radical (unpaired) electrons. The number of carbonyl (C=O) groups excluding carboxylic acids is 1. The van der Waals surface area contributed by atoms with E-state index < -0.39 is 4.92 Å². The van der Waals surface area contributed by atoms with Gasteiger partial charge in [-0.05, 0) is 38.0 Å². The first-order valence-electron chi connectivity index (χ1n) is 8.99. The van der Waals surface area contributed by atoms with Crippen molar-refractivity contribution in [2.45, 2.75) is 33.7 Å². The average molecular weight is 382 g/mol. The Kier molecular flexibility index (Phi) is 5.30. The number of nitro benzene ring substituents is 1. The zero-order chi connectivity index (χ0) is 20.4. The van der Waals surface area contributed by atoms with Gasteiger partial charge in [-0.15, -0.1) is 0 Å². The molecule has 2 heterocycles. The lowest BCUT2D eigenvalue weighted by molar-refractivity contribution is -0.384. The van der Waals surface area contributed by atoms with Crippen LogP contribution in [0.5, 0.6) is 0 Å². The Labute approximate surface area is 162 Å². The number of hydrogen-bond acceptors (Lipinski definition) is 5. The van der Waals surface area contributed by atoms with Gasteiger partial charge in [0.1, 0.15) is 17.1 Å². The SMILES string of the molecule is Cc1ccc(-c2cc(C(=O)N[C@H](C)C(C)C)n(-c3cccc([N+](=O)[O-])c3)n2)o1. The molecule has 2 aromatic heterocycles. The summed E-state index contributed by atoms with van der Waals surface area (Å²) in [6.45, 7) is 7.77. The highest BCUT2D eigenvalue weighted by molar-refractivity contribution is 5.94. The van der Waals surface area contributed by atoms with Crippen molar-refractivity contribution in [2.24, 2.45) is 5.92 Å². The molecule has 3 rings (SSSR count). The van der Waals surface area contributed by atoms with Gasteiger partial charge in [-0.3, -0.25) is 14.9 Å². The lowest BCUT2D eigenvalue weighted by Crippen LogP contribution is -2.37. The Morgan fingerprint density at radius 1 is 1.21 bits per heavy atom. The summed E-state index contributed by atoms with van der Waals surface area (Å²) in [6, 6.07) is 11.2. The minimum Gasteiger partial charge on any atom is -0.460 e. The fraction of sp³-hybridized carbons (Fsp3) is 0.300. The predicted molar refractivity (Wildman–Crippen MR) is 104 cm³/mol. The number of nitro groups is 1. The Balaban J connectivity index is 2.08. The Morgan fingerprint density at radius 3 is 2.57 bits per heavy atom. The summed E-state index contributed by atoms with van der Waals surface area (Å²) in [7, 11) is 0. The number of nitrogens with zero attached hydrogens (tertiary/aromatic N) is 3. The molecule has 1 aromatic carbocycles. The van der Waals surface area contributed by atoms with Gasteiger partial charge >= 0.3 is 0 Å². The van der Waals surface area contributed by atoms with E-state index in [0.29, 0.717) is 17.1 Å². The molecule has 1 atom stereocenters. The van der Waals surface area contributed by atoms with Gasteiger partial charge in [0.25, 0.3) is 11.6 Å². The maximum atomic E-state index is 12.9. The van der Waals surface area contributed by atoms with Gasteiger partial charge in [0.05, 0.1) is 10.6 Å². The van der Waals surface area contributed by atoms with Crippen LogP contribution in [0.4, 0.5) is 5.69 Å². The molecular formula is C20H22N4O4. The molecule has 0 spiro atoms. The van der Waals surface area contributed by atoms with Crippen molar-refractivity contribution in [1.29, 1.82) is 0 Å². The van der Waals surface area contributed by atoms with Gasteiger partial charge in [0, 0.05) is 24.2 Å². The van der Waals surface area contributed by atoms with Crippen LogP contribution in [-0.2, 0) is 0 Å². The van der Waals surface area contributed by atoms with Crippen LogP contribution in [0.2, 0.25) is 0 Å². The summed E-state index contributed by atoms with van der Waals surface area (Å²) in [5, 5.41) is 18.6. The summed E-state index contributed by atoms with van der Waals surface area (Å²) in [6.07, 6.45) is 0. The van der Waals surface area contributed by atoms with Gasteiger partial charge in [-0.25, -0.2) is 4.68 Å². The number of carbonyl (C=O) groups is 1. The van der Waals surface area contributed by atoms with Crippen molar-refractivity contribution >= 4 is 11.6 Å². The number of rotatable bonds is 6. The third-order valence-corrected chi connectivity index (χ3v) is 4.58. The number of benzene rings is 1. The van der Waals surface area contributed by atoms with Crippen molar-refractivity contribution in [3.8, 4) is 17.1 Å². The van der Waals surface area contributed by atoms with Crippen molar-refractivity contribution < 1.29 is 14.1 Å². The van der Waals surface area contributed by atoms with E-state index in [4.69, 9.17) is 4.42 Å². The van der Waals surface area contributed by atoms with Crippen molar-refractivity contribution in [3.05, 3.63) is 64.0 Å². The van der Waals surface area contributed by atoms with Crippen molar-refractivity contribution in [1.82, 2.24) is 15.1 Å². The van der Waals surface area contributed by atoms with Crippen molar-refractivity contribution in [2.75, 3.05) is 0 Å². The first-order valence-corrected chi connectivity index (χ1v) is 8.99. The molecule has 28 heavy (non-hydrogen) atoms. The third-order valence-electron chi connectivity index (χ3n) is 4.58. The molecule has 1 amide bonds. The molecule has 0 aliphatic carbocycles. The molecule has 0 unspecified atom stereocenters. The van der Waals surface area contributed by atoms with E-state index in [1.54, 1.807) is 24.3 Å². The third kappa shape index (κ3) is 3.95. The van der Waals surface area contributed by atoms with E-state index in [2.05, 4.69) is 10.4 Å². The summed E-state index contributed by atoms with van der Waals surface area (Å²) in [5.74, 6) is 1.19. The first kappa shape index (κ1) is 19.3. The van der Waals surface area contributed by atoms with Crippen LogP contribution in [0.1, 0.15) is 37.0 Å². The average Bonchev–Trinajstić information content (AvgIpc) is 3.28. The molecular weight excluding hydrogens is 360 g/mol. The van der Waals surface area contributed by atoms with Gasteiger partial charge < -0.3 is 9.73 Å². The number of nitrogens with one attached hydrogen (secondary N) is 1. The van der Waals surface area contributed by atoms with Crippen LogP contribution >= 0.6 is 0 Å². The van der Waals surface area contributed by atoms with Crippen LogP contribution in [-0.4, -0.2) is 26.7 Å². The number of hydrogen-bond donors (Lipinski definition) is 1. The quantitative estimate of drug-likeness (QED) is 0.510. The molecule has 146 valence electrons. The zero-order valence-corrected chi connectivity index (χ0v) is 16.2. The number of non-ortho nitro benzene ring substituents is 1. The molecule has 0 saturated heterocycles. The Bertz CT molecular complexity index is 1020. The molecule has 3 aromatic rings. The second-order valence-electron chi connectivity index (χ2n) is 7.02. The number of amides is 1. The van der Waals surface area contributed by atoms with Crippen LogP contribution in [0.15, 0.2) is 46.9 Å². The summed E-state index contributed by atoms with van der Waals surface area (Å²) in [4.78, 5) is 23.5. The maximum absolute atomic E-state index is 12.9. The second-order valence-corrected chi connectivity index (χ2v) is 7.02. The Morgan fingerprint density at radius 2 is 1.96 bits per heavy atom. The molecule has 0 fully saturated rings. The largest absolute Gasteiger partial charge is 0.460 e. The first-order chi connectivity index (χ1) is 13.3. The highest BCUT2D eigenvalue weighted by atomic mass is 16.6. The molecule has 0 saturated carbocycles. The highest BCUT2D eigenvalue weighted by Crippen LogP contribution is 2.25. The lowest BCUT2D eigenvalue weighted by atomic mass is 10.1. The summed E-state index contributed by atoms with van der Waals surface area (Å²) in [5.41, 5.74) is 1.09. The molecule has 0 aliphatic rings. The summed E-state index contributed by atoms with van der Waals surface area (Å²) < 4.78 is 7.02. The molecule has 0 aliphatic heterocycles. The van der Waals surface area contributed by atoms with Crippen LogP contribution in [0.25, 0.3) is 17.1 Å². The predicted octanol–water partition coefficient (Wildman–Crippen LogP) is 4.12. The topological polar surface area (TPSA) is 103 Å². The zero-order valence-electron chi connectivity index (χ0n) is 16.2. The Hall–Kier alpha value is -3.42. The standard InChI is InChI=1S/C20H22N4O4/c1-12(2)14(4)21-20(25)18-11-17(19-9-8-13(3)28-19)22-23(18)15-6-5-7-16(10-15)24(26)27/h5-12,14H,1-4H3,(H,21,25)/t14-/m1/s1. The number of aryl methyl sites for hydroxylation is 1. The van der Waals surface area contributed by atoms with E-state index in [1.165, 1.54) is 16.8 Å². The van der Waals surface area contributed by atoms with Gasteiger partial charge in [-0.2, -0.15) is 5.10 Å². The molecule has 8 heteroatoms. The summed E-state index contributed by atoms with van der Waals surface area (Å²) >= 11 is 0. The van der Waals surface area contributed by atoms with Crippen LogP contribution < -0.4 is 5.32 Å². The lowest BCUT2D eigenvalue weighted by Gasteiger charge is -2.17. The molecule has 0 bridgehead atoms. The minimum atomic E-state index is -0.482. The molecule has 8 nitrogen and oxygen atoms in total. The van der Waals surface area contributed by atoms with Gasteiger partial charge in [0.2, 0.25) is 0 Å². The van der Waals surface area contributed by atoms with Crippen LogP contribution in [0, 0.1) is 23.0 Å². The fourth-order valence-corrected chi connectivity index (χ4v) is 2.62. The van der Waals surface area contributed by atoms with E-state index in [1.807, 2.05) is 33.8 Å². The number of aromatic nitrogens is 2. The van der Waals surface area contributed by atoms with Gasteiger partial charge in [0.15, 0.2) is 5.76 Å². The van der Waals surface area contributed by atoms with E-state index in [9.17, 15) is 14.9 Å². The van der Waals surface area contributed by atoms with Crippen molar-refractivity contribution in [3.63, 3.8) is 0 Å². The van der Waals surface area contributed by atoms with Crippen LogP contribution in [0.3, 0.4) is 0 Å². The smallest absolute Gasteiger partial charge is 0.271 e. The van der Waals surface area contributed by atoms with Gasteiger partial charge in [-0.1, -0.05) is 19.9 Å². The fourth-order valence-electron chi connectivity index (χ4n) is 2.62. The van der Waals surface area contributed by atoms with E-state index >= 15 is 0 Å². The second kappa shape index (κ2) is 7.67. The monoisotopic (exact) mass is 382 g/mol. The molecule has 1 N–H and O–H groups in total. The highest BCUT2D eigenvalue weighted by Gasteiger charge is 2.22.